The number of allylic oxidation sites excluding steroid dienone is 1. The number of carbonyl (C=O) groups excluding carboxylic acids is 2. The van der Waals surface area contributed by atoms with Gasteiger partial charge in [-0.2, -0.15) is 0 Å². The molecule has 0 radical (unpaired) electrons. The molecular weight excluding hydrogens is 516 g/mol. The van der Waals surface area contributed by atoms with E-state index in [0.717, 1.165) is 11.3 Å². The standard InChI is InChI=1S/C28H30N6O2S2/c1-5-15-34-25(24(18(2)3)31-26(36)21-9-7-6-8-10-21)32-33-28(34)38-17-23(35)30-27-29-22(16-37-27)20-13-11-19(4)12-14-20/h5-14,16,18,24H,1,15,17H2,2-4H3,(H,31,36)(H,29,30,35)/t24-/m1/s1. The van der Waals surface area contributed by atoms with Crippen LogP contribution in [0.25, 0.3) is 11.3 Å². The molecule has 2 heterocycles. The van der Waals surface area contributed by atoms with Crippen LogP contribution in [-0.4, -0.2) is 37.3 Å². The van der Waals surface area contributed by atoms with Crippen molar-refractivity contribution >= 4 is 40.0 Å². The lowest BCUT2D eigenvalue weighted by molar-refractivity contribution is -0.113. The van der Waals surface area contributed by atoms with E-state index in [4.69, 9.17) is 0 Å². The Balaban J connectivity index is 1.43. The maximum Gasteiger partial charge on any atom is 0.251 e. The number of aryl methyl sites for hydroxylation is 1. The van der Waals surface area contributed by atoms with E-state index >= 15 is 0 Å². The van der Waals surface area contributed by atoms with Gasteiger partial charge in [0.1, 0.15) is 0 Å². The van der Waals surface area contributed by atoms with E-state index in [1.807, 2.05) is 73.2 Å². The summed E-state index contributed by atoms with van der Waals surface area (Å²) in [6.07, 6.45) is 1.75. The van der Waals surface area contributed by atoms with Crippen molar-refractivity contribution in [3.63, 3.8) is 0 Å². The Hall–Kier alpha value is -3.76. The molecule has 8 nitrogen and oxygen atoms in total. The number of anilines is 1. The molecule has 0 bridgehead atoms. The van der Waals surface area contributed by atoms with Crippen molar-refractivity contribution in [2.45, 2.75) is 38.5 Å². The molecule has 2 N–H and O–H groups in total. The second kappa shape index (κ2) is 12.7. The molecule has 4 aromatic rings. The van der Waals surface area contributed by atoms with E-state index in [1.54, 1.807) is 18.2 Å². The first-order chi connectivity index (χ1) is 18.4. The smallest absolute Gasteiger partial charge is 0.251 e. The monoisotopic (exact) mass is 546 g/mol. The first-order valence-electron chi connectivity index (χ1n) is 12.2. The van der Waals surface area contributed by atoms with E-state index in [9.17, 15) is 9.59 Å². The molecule has 0 aliphatic rings. The Kier molecular flexibility index (Phi) is 9.09. The summed E-state index contributed by atoms with van der Waals surface area (Å²) in [6.45, 7) is 10.4. The third-order valence-electron chi connectivity index (χ3n) is 5.75. The van der Waals surface area contributed by atoms with Crippen LogP contribution in [0.1, 0.15) is 41.6 Å². The summed E-state index contributed by atoms with van der Waals surface area (Å²) >= 11 is 2.66. The maximum absolute atomic E-state index is 12.9. The molecule has 0 saturated carbocycles. The summed E-state index contributed by atoms with van der Waals surface area (Å²) in [5.74, 6) is 0.447. The maximum atomic E-state index is 12.9. The zero-order valence-corrected chi connectivity index (χ0v) is 23.2. The van der Waals surface area contributed by atoms with Crippen LogP contribution in [0.15, 0.2) is 77.8 Å². The van der Waals surface area contributed by atoms with Crippen molar-refractivity contribution in [2.24, 2.45) is 5.92 Å². The van der Waals surface area contributed by atoms with Gasteiger partial charge in [-0.3, -0.25) is 9.59 Å². The Morgan fingerprint density at radius 2 is 1.84 bits per heavy atom. The minimum Gasteiger partial charge on any atom is -0.342 e. The number of nitrogens with zero attached hydrogens (tertiary/aromatic N) is 4. The second-order valence-corrected chi connectivity index (χ2v) is 10.8. The number of thioether (sulfide) groups is 1. The zero-order chi connectivity index (χ0) is 27.1. The largest absolute Gasteiger partial charge is 0.342 e. The lowest BCUT2D eigenvalue weighted by Gasteiger charge is -2.22. The third-order valence-corrected chi connectivity index (χ3v) is 7.48. The van der Waals surface area contributed by atoms with Gasteiger partial charge in [-0.05, 0) is 25.0 Å². The molecule has 1 atom stereocenters. The first-order valence-corrected chi connectivity index (χ1v) is 14.1. The van der Waals surface area contributed by atoms with Gasteiger partial charge in [-0.1, -0.05) is 79.7 Å². The molecule has 0 unspecified atom stereocenters. The lowest BCUT2D eigenvalue weighted by Crippen LogP contribution is -2.33. The van der Waals surface area contributed by atoms with E-state index in [-0.39, 0.29) is 29.5 Å². The van der Waals surface area contributed by atoms with Crippen molar-refractivity contribution in [3.05, 3.63) is 89.6 Å². The molecule has 0 fully saturated rings. The number of amides is 2. The highest BCUT2D eigenvalue weighted by Gasteiger charge is 2.26. The third kappa shape index (κ3) is 6.76. The van der Waals surface area contributed by atoms with Crippen LogP contribution in [0.4, 0.5) is 5.13 Å². The number of benzene rings is 2. The van der Waals surface area contributed by atoms with Crippen molar-refractivity contribution in [1.82, 2.24) is 25.1 Å². The van der Waals surface area contributed by atoms with Crippen LogP contribution >= 0.6 is 23.1 Å². The number of nitrogens with one attached hydrogen (secondary N) is 2. The highest BCUT2D eigenvalue weighted by Crippen LogP contribution is 2.27. The first kappa shape index (κ1) is 27.3. The Morgan fingerprint density at radius 3 is 2.53 bits per heavy atom. The van der Waals surface area contributed by atoms with Gasteiger partial charge in [0.25, 0.3) is 5.91 Å². The second-order valence-electron chi connectivity index (χ2n) is 9.04. The van der Waals surface area contributed by atoms with Gasteiger partial charge in [0.05, 0.1) is 17.5 Å². The number of hydrogen-bond acceptors (Lipinski definition) is 7. The molecule has 2 aromatic carbocycles. The summed E-state index contributed by atoms with van der Waals surface area (Å²) < 4.78 is 1.89. The molecule has 2 aromatic heterocycles. The van der Waals surface area contributed by atoms with Gasteiger partial charge in [0, 0.05) is 23.1 Å². The quantitative estimate of drug-likeness (QED) is 0.183. The zero-order valence-electron chi connectivity index (χ0n) is 21.5. The summed E-state index contributed by atoms with van der Waals surface area (Å²) in [6, 6.07) is 16.8. The Bertz CT molecular complexity index is 1400. The highest BCUT2D eigenvalue weighted by atomic mass is 32.2. The van der Waals surface area contributed by atoms with E-state index in [2.05, 4.69) is 32.4 Å². The van der Waals surface area contributed by atoms with Crippen LogP contribution in [0, 0.1) is 12.8 Å². The molecular formula is C28H30N6O2S2. The molecule has 2 amide bonds. The Morgan fingerprint density at radius 1 is 1.11 bits per heavy atom. The fourth-order valence-electron chi connectivity index (χ4n) is 3.75. The van der Waals surface area contributed by atoms with Crippen molar-refractivity contribution in [1.29, 1.82) is 0 Å². The SMILES string of the molecule is C=CCn1c(SCC(=O)Nc2nc(-c3ccc(C)cc3)cs2)nnc1[C@H](NC(=O)c1ccccc1)C(C)C. The topological polar surface area (TPSA) is 102 Å². The molecule has 0 spiro atoms. The van der Waals surface area contributed by atoms with E-state index < -0.39 is 0 Å². The number of carbonyl (C=O) groups is 2. The van der Waals surface area contributed by atoms with Crippen LogP contribution in [0.2, 0.25) is 0 Å². The fourth-order valence-corrected chi connectivity index (χ4v) is 5.25. The molecule has 0 saturated heterocycles. The van der Waals surface area contributed by atoms with Gasteiger partial charge >= 0.3 is 0 Å². The van der Waals surface area contributed by atoms with Crippen molar-refractivity contribution in [3.8, 4) is 11.3 Å². The normalized spacial score (nSPS) is 11.8. The fraction of sp³-hybridized carbons (Fsp3) is 0.250. The molecule has 0 aliphatic heterocycles. The molecule has 10 heteroatoms. The van der Waals surface area contributed by atoms with Gasteiger partial charge in [-0.15, -0.1) is 28.1 Å². The Labute approximate surface area is 230 Å². The van der Waals surface area contributed by atoms with Crippen molar-refractivity contribution in [2.75, 3.05) is 11.1 Å². The molecule has 0 aliphatic carbocycles. The minimum absolute atomic E-state index is 0.0594. The van der Waals surface area contributed by atoms with Crippen LogP contribution in [-0.2, 0) is 11.3 Å². The average Bonchev–Trinajstić information content (AvgIpc) is 3.54. The summed E-state index contributed by atoms with van der Waals surface area (Å²) in [7, 11) is 0. The van der Waals surface area contributed by atoms with E-state index in [1.165, 1.54) is 28.7 Å². The van der Waals surface area contributed by atoms with Crippen LogP contribution in [0.5, 0.6) is 0 Å². The molecule has 4 rings (SSSR count). The summed E-state index contributed by atoms with van der Waals surface area (Å²) in [4.78, 5) is 30.1. The minimum atomic E-state index is -0.367. The summed E-state index contributed by atoms with van der Waals surface area (Å²) in [5.41, 5.74) is 3.59. The van der Waals surface area contributed by atoms with Gasteiger partial charge in [0.2, 0.25) is 5.91 Å². The highest BCUT2D eigenvalue weighted by molar-refractivity contribution is 7.99. The van der Waals surface area contributed by atoms with Gasteiger partial charge in [-0.25, -0.2) is 4.98 Å². The van der Waals surface area contributed by atoms with E-state index in [0.29, 0.717) is 28.2 Å². The molecule has 38 heavy (non-hydrogen) atoms. The summed E-state index contributed by atoms with van der Waals surface area (Å²) in [5, 5.41) is 17.7. The number of rotatable bonds is 11. The van der Waals surface area contributed by atoms with Crippen molar-refractivity contribution < 1.29 is 9.59 Å². The average molecular weight is 547 g/mol. The predicted octanol–water partition coefficient (Wildman–Crippen LogP) is 5.75. The lowest BCUT2D eigenvalue weighted by atomic mass is 10.0. The molecule has 196 valence electrons. The van der Waals surface area contributed by atoms with Gasteiger partial charge in [0.15, 0.2) is 16.1 Å². The van der Waals surface area contributed by atoms with Gasteiger partial charge < -0.3 is 15.2 Å². The predicted molar refractivity (Wildman–Crippen MR) is 153 cm³/mol. The number of aromatic nitrogens is 4. The van der Waals surface area contributed by atoms with Crippen LogP contribution < -0.4 is 10.6 Å². The number of hydrogen-bond donors (Lipinski definition) is 2. The number of thiazole rings is 1. The van der Waals surface area contributed by atoms with Crippen LogP contribution in [0.3, 0.4) is 0 Å².